The van der Waals surface area contributed by atoms with Crippen molar-refractivity contribution in [2.75, 3.05) is 7.05 Å². The maximum atomic E-state index is 12.2. The van der Waals surface area contributed by atoms with Gasteiger partial charge in [-0.2, -0.15) is 0 Å². The first-order chi connectivity index (χ1) is 15.5. The smallest absolute Gasteiger partial charge is 0.315 e. The molecule has 1 fully saturated rings. The quantitative estimate of drug-likeness (QED) is 0.142. The number of hydrogen-bond donors (Lipinski definition) is 1. The van der Waals surface area contributed by atoms with Crippen molar-refractivity contribution in [2.24, 2.45) is 5.92 Å². The van der Waals surface area contributed by atoms with Gasteiger partial charge in [-0.25, -0.2) is 0 Å². The SMILES string of the molecule is CCCCCCCCCCC[C@@H](C[C@@H]1OC(=O)[C@H]1CCCCCC)OC(=O)CC(=O)NC. The van der Waals surface area contributed by atoms with E-state index in [0.717, 1.165) is 38.5 Å². The van der Waals surface area contributed by atoms with Crippen molar-refractivity contribution in [1.29, 1.82) is 0 Å². The third kappa shape index (κ3) is 12.4. The molecule has 3 atom stereocenters. The van der Waals surface area contributed by atoms with Crippen molar-refractivity contribution in [3.63, 3.8) is 0 Å². The highest BCUT2D eigenvalue weighted by atomic mass is 16.6. The van der Waals surface area contributed by atoms with Gasteiger partial charge in [-0.05, 0) is 19.3 Å². The van der Waals surface area contributed by atoms with Crippen LogP contribution in [0.2, 0.25) is 0 Å². The minimum Gasteiger partial charge on any atom is -0.462 e. The molecule has 0 spiro atoms. The molecule has 0 radical (unpaired) electrons. The average Bonchev–Trinajstić information content (AvgIpc) is 2.77. The van der Waals surface area contributed by atoms with Gasteiger partial charge in [0.15, 0.2) is 0 Å². The Hall–Kier alpha value is -1.59. The lowest BCUT2D eigenvalue weighted by molar-refractivity contribution is -0.190. The molecule has 0 unspecified atom stereocenters. The highest BCUT2D eigenvalue weighted by Crippen LogP contribution is 2.32. The maximum absolute atomic E-state index is 12.2. The standard InChI is InChI=1S/C26H47NO5/c1-4-6-8-10-11-12-13-14-15-17-21(31-25(29)20-24(28)27-3)19-23-22(26(30)32-23)18-16-9-7-5-2/h21-23H,4-20H2,1-3H3,(H,27,28)/t21-,22-,23-/m0/s1. The Balaban J connectivity index is 2.42. The number of rotatable bonds is 20. The van der Waals surface area contributed by atoms with Crippen LogP contribution in [-0.2, 0) is 23.9 Å². The highest BCUT2D eigenvalue weighted by molar-refractivity contribution is 5.94. The predicted octanol–water partition coefficient (Wildman–Crippen LogP) is 5.86. The molecule has 0 aliphatic carbocycles. The number of hydrogen-bond acceptors (Lipinski definition) is 5. The van der Waals surface area contributed by atoms with E-state index in [1.54, 1.807) is 0 Å². The summed E-state index contributed by atoms with van der Waals surface area (Å²) in [4.78, 5) is 35.6. The molecule has 1 saturated heterocycles. The molecule has 6 nitrogen and oxygen atoms in total. The second kappa shape index (κ2) is 17.9. The summed E-state index contributed by atoms with van der Waals surface area (Å²) >= 11 is 0. The molecule has 1 aliphatic heterocycles. The van der Waals surface area contributed by atoms with E-state index < -0.39 is 5.97 Å². The van der Waals surface area contributed by atoms with Crippen molar-refractivity contribution in [3.05, 3.63) is 0 Å². The molecule has 0 aromatic carbocycles. The van der Waals surface area contributed by atoms with Crippen LogP contribution in [0.1, 0.15) is 123 Å². The number of carbonyl (C=O) groups excluding carboxylic acids is 3. The number of amides is 1. The van der Waals surface area contributed by atoms with E-state index in [4.69, 9.17) is 9.47 Å². The number of cyclic esters (lactones) is 1. The molecule has 1 amide bonds. The van der Waals surface area contributed by atoms with E-state index in [1.165, 1.54) is 64.8 Å². The fourth-order valence-corrected chi connectivity index (χ4v) is 4.32. The summed E-state index contributed by atoms with van der Waals surface area (Å²) in [5, 5.41) is 2.45. The molecular weight excluding hydrogens is 406 g/mol. The van der Waals surface area contributed by atoms with Crippen LogP contribution in [0, 0.1) is 5.92 Å². The Labute approximate surface area is 195 Å². The fraction of sp³-hybridized carbons (Fsp3) is 0.885. The Kier molecular flexibility index (Phi) is 15.9. The number of esters is 2. The van der Waals surface area contributed by atoms with Crippen molar-refractivity contribution >= 4 is 17.8 Å². The monoisotopic (exact) mass is 453 g/mol. The van der Waals surface area contributed by atoms with Gasteiger partial charge in [0, 0.05) is 13.5 Å². The van der Waals surface area contributed by atoms with Gasteiger partial charge in [0.05, 0.1) is 5.92 Å². The van der Waals surface area contributed by atoms with Crippen LogP contribution < -0.4 is 5.32 Å². The molecule has 0 bridgehead atoms. The summed E-state index contributed by atoms with van der Waals surface area (Å²) in [6.07, 6.45) is 17.0. The average molecular weight is 454 g/mol. The summed E-state index contributed by atoms with van der Waals surface area (Å²) in [6, 6.07) is 0. The van der Waals surface area contributed by atoms with E-state index >= 15 is 0 Å². The number of nitrogens with one attached hydrogen (secondary N) is 1. The first-order valence-corrected chi connectivity index (χ1v) is 13.1. The minimum absolute atomic E-state index is 0.0740. The summed E-state index contributed by atoms with van der Waals surface area (Å²) < 4.78 is 11.0. The summed E-state index contributed by atoms with van der Waals surface area (Å²) in [5.74, 6) is -1.05. The second-order valence-corrected chi connectivity index (χ2v) is 9.25. The first kappa shape index (κ1) is 28.4. The third-order valence-electron chi connectivity index (χ3n) is 6.39. The summed E-state index contributed by atoms with van der Waals surface area (Å²) in [6.45, 7) is 4.40. The van der Waals surface area contributed by atoms with Gasteiger partial charge >= 0.3 is 11.9 Å². The molecule has 1 heterocycles. The van der Waals surface area contributed by atoms with E-state index in [2.05, 4.69) is 19.2 Å². The van der Waals surface area contributed by atoms with E-state index in [1.807, 2.05) is 0 Å². The lowest BCUT2D eigenvalue weighted by atomic mass is 9.86. The summed E-state index contributed by atoms with van der Waals surface area (Å²) in [7, 11) is 1.51. The van der Waals surface area contributed by atoms with Crippen LogP contribution in [0.3, 0.4) is 0 Å². The van der Waals surface area contributed by atoms with Crippen LogP contribution in [-0.4, -0.2) is 37.1 Å². The van der Waals surface area contributed by atoms with Crippen LogP contribution in [0.25, 0.3) is 0 Å². The Bertz CT molecular complexity index is 536. The zero-order valence-corrected chi connectivity index (χ0v) is 20.8. The van der Waals surface area contributed by atoms with Gasteiger partial charge in [0.2, 0.25) is 5.91 Å². The molecule has 1 N–H and O–H groups in total. The molecule has 1 aliphatic rings. The zero-order chi connectivity index (χ0) is 23.6. The normalized spacial score (nSPS) is 18.5. The topological polar surface area (TPSA) is 81.7 Å². The molecule has 1 rings (SSSR count). The Morgan fingerprint density at radius 1 is 0.906 bits per heavy atom. The van der Waals surface area contributed by atoms with Gasteiger partial charge in [0.1, 0.15) is 18.6 Å². The highest BCUT2D eigenvalue weighted by Gasteiger charge is 2.43. The van der Waals surface area contributed by atoms with Crippen molar-refractivity contribution < 1.29 is 23.9 Å². The molecule has 0 aromatic heterocycles. The molecule has 6 heteroatoms. The van der Waals surface area contributed by atoms with Gasteiger partial charge in [-0.15, -0.1) is 0 Å². The number of ether oxygens (including phenoxy) is 2. The lowest BCUT2D eigenvalue weighted by Gasteiger charge is -2.37. The minimum atomic E-state index is -0.504. The van der Waals surface area contributed by atoms with Gasteiger partial charge in [0.25, 0.3) is 0 Å². The Morgan fingerprint density at radius 3 is 2.03 bits per heavy atom. The number of unbranched alkanes of at least 4 members (excludes halogenated alkanes) is 11. The third-order valence-corrected chi connectivity index (χ3v) is 6.39. The lowest BCUT2D eigenvalue weighted by Crippen LogP contribution is -2.47. The largest absolute Gasteiger partial charge is 0.462 e. The predicted molar refractivity (Wildman–Crippen MR) is 127 cm³/mol. The molecule has 0 aromatic rings. The second-order valence-electron chi connectivity index (χ2n) is 9.25. The zero-order valence-electron chi connectivity index (χ0n) is 20.8. The summed E-state index contributed by atoms with van der Waals surface area (Å²) in [5.41, 5.74) is 0. The van der Waals surface area contributed by atoms with Crippen molar-refractivity contribution in [1.82, 2.24) is 5.32 Å². The van der Waals surface area contributed by atoms with Gasteiger partial charge in [-0.1, -0.05) is 90.9 Å². The van der Waals surface area contributed by atoms with E-state index in [9.17, 15) is 14.4 Å². The van der Waals surface area contributed by atoms with Crippen LogP contribution in [0.5, 0.6) is 0 Å². The first-order valence-electron chi connectivity index (χ1n) is 13.1. The van der Waals surface area contributed by atoms with Crippen LogP contribution >= 0.6 is 0 Å². The van der Waals surface area contributed by atoms with E-state index in [0.29, 0.717) is 6.42 Å². The molecular formula is C26H47NO5. The van der Waals surface area contributed by atoms with Gasteiger partial charge < -0.3 is 14.8 Å². The number of carbonyl (C=O) groups is 3. The molecule has 186 valence electrons. The van der Waals surface area contributed by atoms with Gasteiger partial charge in [-0.3, -0.25) is 14.4 Å². The fourth-order valence-electron chi connectivity index (χ4n) is 4.32. The van der Waals surface area contributed by atoms with Crippen molar-refractivity contribution in [2.45, 2.75) is 135 Å². The molecule has 0 saturated carbocycles. The molecule has 32 heavy (non-hydrogen) atoms. The van der Waals surface area contributed by atoms with E-state index in [-0.39, 0.29) is 36.4 Å². The maximum Gasteiger partial charge on any atom is 0.315 e. The Morgan fingerprint density at radius 2 is 1.47 bits per heavy atom. The van der Waals surface area contributed by atoms with Crippen LogP contribution in [0.4, 0.5) is 0 Å². The van der Waals surface area contributed by atoms with Crippen molar-refractivity contribution in [3.8, 4) is 0 Å². The van der Waals surface area contributed by atoms with Crippen LogP contribution in [0.15, 0.2) is 0 Å².